The minimum atomic E-state index is 0.206. The number of aromatic nitrogens is 1. The lowest BCUT2D eigenvalue weighted by Crippen LogP contribution is -2.19. The second kappa shape index (κ2) is 3.49. The number of pyridine rings is 1. The molecule has 1 atom stereocenters. The number of rotatable bonds is 0. The van der Waals surface area contributed by atoms with Crippen molar-refractivity contribution in [2.24, 2.45) is 10.4 Å². The molecule has 0 aromatic carbocycles. The number of hydrogen-bond donors (Lipinski definition) is 0. The fourth-order valence-electron chi connectivity index (χ4n) is 2.59. The molecule has 0 N–H and O–H groups in total. The third-order valence-electron chi connectivity index (χ3n) is 3.50. The van der Waals surface area contributed by atoms with Crippen LogP contribution in [0.1, 0.15) is 38.8 Å². The Morgan fingerprint density at radius 2 is 2.18 bits per heavy atom. The molecule has 3 rings (SSSR count). The lowest BCUT2D eigenvalue weighted by Gasteiger charge is -2.21. The zero-order chi connectivity index (χ0) is 12.0. The third kappa shape index (κ3) is 1.61. The van der Waals surface area contributed by atoms with Crippen molar-refractivity contribution in [2.45, 2.75) is 33.1 Å². The summed E-state index contributed by atoms with van der Waals surface area (Å²) in [5, 5.41) is 0. The molecule has 3 heteroatoms. The van der Waals surface area contributed by atoms with Crippen LogP contribution in [0.15, 0.2) is 17.3 Å². The van der Waals surface area contributed by atoms with Gasteiger partial charge in [-0.2, -0.15) is 4.58 Å². The van der Waals surface area contributed by atoms with Crippen LogP contribution in [0.25, 0.3) is 0 Å². The van der Waals surface area contributed by atoms with Crippen molar-refractivity contribution < 1.29 is 4.58 Å². The predicted octanol–water partition coefficient (Wildman–Crippen LogP) is 3.05. The predicted molar refractivity (Wildman–Crippen MR) is 70.1 cm³/mol. The molecule has 0 saturated carbocycles. The Labute approximate surface area is 102 Å². The Bertz CT molecular complexity index is 521. The van der Waals surface area contributed by atoms with Gasteiger partial charge < -0.3 is 0 Å². The first-order valence-corrected chi connectivity index (χ1v) is 6.20. The van der Waals surface area contributed by atoms with E-state index in [4.69, 9.17) is 0 Å². The van der Waals surface area contributed by atoms with Crippen LogP contribution in [-0.2, 0) is 0 Å². The minimum absolute atomic E-state index is 0.206. The minimum Gasteiger partial charge on any atom is -0.254 e. The highest BCUT2D eigenvalue weighted by Gasteiger charge is 2.41. The maximum absolute atomic E-state index is 4.59. The summed E-state index contributed by atoms with van der Waals surface area (Å²) in [6, 6.07) is 2.01. The molecule has 88 valence electrons. The Morgan fingerprint density at radius 3 is 2.94 bits per heavy atom. The molecule has 2 aliphatic heterocycles. The van der Waals surface area contributed by atoms with Crippen molar-refractivity contribution in [1.82, 2.24) is 4.98 Å². The maximum atomic E-state index is 4.59. The molecule has 2 aliphatic rings. The molecule has 0 saturated heterocycles. The molecule has 1 unspecified atom stereocenters. The standard InChI is InChI=1S/C14H18N3/c1-14(2,3)10-9-17-8-4-6-15-11-5-7-16-12(10)13(11)17/h5-7,9-10H,4,8H2,1-3H3/q+1. The van der Waals surface area contributed by atoms with Gasteiger partial charge in [-0.05, 0) is 11.5 Å². The Balaban J connectivity index is 2.22. The highest BCUT2D eigenvalue weighted by atomic mass is 15.1. The summed E-state index contributed by atoms with van der Waals surface area (Å²) in [5.74, 6) is 0.394. The van der Waals surface area contributed by atoms with E-state index in [1.54, 1.807) is 0 Å². The second-order valence-electron chi connectivity index (χ2n) is 5.85. The van der Waals surface area contributed by atoms with Crippen LogP contribution in [0.3, 0.4) is 0 Å². The smallest absolute Gasteiger partial charge is 0.253 e. The van der Waals surface area contributed by atoms with Crippen molar-refractivity contribution in [3.8, 4) is 0 Å². The van der Waals surface area contributed by atoms with Gasteiger partial charge in [-0.3, -0.25) is 9.98 Å². The van der Waals surface area contributed by atoms with Crippen LogP contribution < -0.4 is 0 Å². The Hall–Kier alpha value is -1.51. The first-order chi connectivity index (χ1) is 8.07. The molecule has 0 fully saturated rings. The zero-order valence-electron chi connectivity index (χ0n) is 10.6. The van der Waals surface area contributed by atoms with Gasteiger partial charge >= 0.3 is 0 Å². The lowest BCUT2D eigenvalue weighted by molar-refractivity contribution is -0.429. The summed E-state index contributed by atoms with van der Waals surface area (Å²) in [6.07, 6.45) is 7.22. The monoisotopic (exact) mass is 228 g/mol. The van der Waals surface area contributed by atoms with Gasteiger partial charge in [0.1, 0.15) is 11.4 Å². The zero-order valence-corrected chi connectivity index (χ0v) is 10.6. The maximum Gasteiger partial charge on any atom is 0.253 e. The summed E-state index contributed by atoms with van der Waals surface area (Å²) >= 11 is 0. The van der Waals surface area contributed by atoms with Crippen LogP contribution in [-0.4, -0.2) is 28.5 Å². The number of nitrogens with zero attached hydrogens (tertiary/aromatic N) is 3. The first kappa shape index (κ1) is 10.6. The fraction of sp³-hybridized carbons (Fsp3) is 0.500. The normalized spacial score (nSPS) is 22.1. The molecule has 0 aliphatic carbocycles. The van der Waals surface area contributed by atoms with Gasteiger partial charge in [0.25, 0.3) is 5.69 Å². The number of hydrogen-bond acceptors (Lipinski definition) is 2. The fourth-order valence-corrected chi connectivity index (χ4v) is 2.59. The molecule has 3 heterocycles. The lowest BCUT2D eigenvalue weighted by atomic mass is 9.80. The van der Waals surface area contributed by atoms with E-state index < -0.39 is 0 Å². The molecule has 0 amide bonds. The van der Waals surface area contributed by atoms with Crippen LogP contribution in [0.2, 0.25) is 0 Å². The molecule has 1 aromatic heterocycles. The van der Waals surface area contributed by atoms with Gasteiger partial charge in [-0.1, -0.05) is 20.8 Å². The molecule has 0 bridgehead atoms. The van der Waals surface area contributed by atoms with Gasteiger partial charge in [-0.25, -0.2) is 0 Å². The summed E-state index contributed by atoms with van der Waals surface area (Å²) in [4.78, 5) is 9.12. The van der Waals surface area contributed by atoms with Gasteiger partial charge in [-0.15, -0.1) is 0 Å². The van der Waals surface area contributed by atoms with E-state index in [2.05, 4.69) is 41.5 Å². The van der Waals surface area contributed by atoms with Gasteiger partial charge in [0, 0.05) is 18.8 Å². The molecular weight excluding hydrogens is 210 g/mol. The van der Waals surface area contributed by atoms with Crippen LogP contribution in [0, 0.1) is 5.41 Å². The molecule has 1 aromatic rings. The number of aliphatic imine (C=N–C) groups is 1. The Morgan fingerprint density at radius 1 is 1.35 bits per heavy atom. The van der Waals surface area contributed by atoms with Crippen LogP contribution in [0.4, 0.5) is 11.4 Å². The summed E-state index contributed by atoms with van der Waals surface area (Å²) < 4.78 is 2.33. The average molecular weight is 228 g/mol. The van der Waals surface area contributed by atoms with Gasteiger partial charge in [0.05, 0.1) is 5.92 Å². The van der Waals surface area contributed by atoms with Crippen LogP contribution in [0.5, 0.6) is 0 Å². The van der Waals surface area contributed by atoms with E-state index in [-0.39, 0.29) is 5.41 Å². The topological polar surface area (TPSA) is 28.3 Å². The van der Waals surface area contributed by atoms with Gasteiger partial charge in [0.2, 0.25) is 0 Å². The summed E-state index contributed by atoms with van der Waals surface area (Å²) in [7, 11) is 0. The summed E-state index contributed by atoms with van der Waals surface area (Å²) in [6.45, 7) is 7.82. The van der Waals surface area contributed by atoms with Crippen molar-refractivity contribution in [2.75, 3.05) is 6.54 Å². The van der Waals surface area contributed by atoms with Crippen molar-refractivity contribution >= 4 is 23.8 Å². The van der Waals surface area contributed by atoms with E-state index in [0.717, 1.165) is 18.7 Å². The highest BCUT2D eigenvalue weighted by Crippen LogP contribution is 2.45. The van der Waals surface area contributed by atoms with E-state index in [9.17, 15) is 0 Å². The molecular formula is C14H18N3+. The summed E-state index contributed by atoms with van der Waals surface area (Å²) in [5.41, 5.74) is 3.68. The van der Waals surface area contributed by atoms with E-state index >= 15 is 0 Å². The van der Waals surface area contributed by atoms with Crippen molar-refractivity contribution in [3.05, 3.63) is 18.0 Å². The van der Waals surface area contributed by atoms with Crippen LogP contribution >= 0.6 is 0 Å². The van der Waals surface area contributed by atoms with Gasteiger partial charge in [0.15, 0.2) is 12.8 Å². The van der Waals surface area contributed by atoms with Crippen molar-refractivity contribution in [3.63, 3.8) is 0 Å². The molecule has 3 nitrogen and oxygen atoms in total. The largest absolute Gasteiger partial charge is 0.254 e. The third-order valence-corrected chi connectivity index (χ3v) is 3.50. The molecule has 0 radical (unpaired) electrons. The Kier molecular flexibility index (Phi) is 2.18. The first-order valence-electron chi connectivity index (χ1n) is 6.20. The van der Waals surface area contributed by atoms with E-state index in [0.29, 0.717) is 5.92 Å². The second-order valence-corrected chi connectivity index (χ2v) is 5.85. The quantitative estimate of drug-likeness (QED) is 0.627. The SMILES string of the molecule is CC(C)(C)C1C=[N+]2CCC=Nc3ccnc1c32. The average Bonchev–Trinajstić information content (AvgIpc) is 2.51. The molecule has 0 spiro atoms. The van der Waals surface area contributed by atoms with E-state index in [1.807, 2.05) is 18.5 Å². The van der Waals surface area contributed by atoms with E-state index in [1.165, 1.54) is 11.4 Å². The highest BCUT2D eigenvalue weighted by molar-refractivity contribution is 5.80. The van der Waals surface area contributed by atoms with Crippen molar-refractivity contribution in [1.29, 1.82) is 0 Å². The molecule has 17 heavy (non-hydrogen) atoms.